The van der Waals surface area contributed by atoms with E-state index in [1.54, 1.807) is 0 Å². The van der Waals surface area contributed by atoms with Gasteiger partial charge in [0.1, 0.15) is 5.82 Å². The van der Waals surface area contributed by atoms with E-state index < -0.39 is 59.5 Å². The molecular weight excluding hydrogens is 457 g/mol. The standard InChI is InChI=1S/C22H19F7N2O2/c23-17-7-2-1-6-15(17)20(33)30-14-8-9-18(16(11-14)22(27,28)29)31-19(32)12-4-3-5-13(10-12)21(24,25)26/h1-2,6-9,11-13H,3-5,10H2,(H,30,33)(H,31,32). The van der Waals surface area contributed by atoms with Crippen LogP contribution in [0.4, 0.5) is 42.1 Å². The van der Waals surface area contributed by atoms with Crippen molar-refractivity contribution in [2.24, 2.45) is 11.8 Å². The van der Waals surface area contributed by atoms with Gasteiger partial charge in [-0.3, -0.25) is 9.59 Å². The monoisotopic (exact) mass is 476 g/mol. The summed E-state index contributed by atoms with van der Waals surface area (Å²) in [5.74, 6) is -5.53. The van der Waals surface area contributed by atoms with E-state index >= 15 is 0 Å². The van der Waals surface area contributed by atoms with E-state index in [0.29, 0.717) is 6.07 Å². The molecule has 1 saturated carbocycles. The molecular formula is C22H19F7N2O2. The van der Waals surface area contributed by atoms with Gasteiger partial charge in [0.15, 0.2) is 0 Å². The molecule has 2 amide bonds. The molecule has 0 bridgehead atoms. The topological polar surface area (TPSA) is 58.2 Å². The predicted octanol–water partition coefficient (Wildman–Crippen LogP) is 6.40. The third-order valence-electron chi connectivity index (χ3n) is 5.47. The first-order chi connectivity index (χ1) is 15.4. The van der Waals surface area contributed by atoms with Crippen molar-refractivity contribution in [3.05, 3.63) is 59.4 Å². The van der Waals surface area contributed by atoms with Gasteiger partial charge in [-0.1, -0.05) is 18.6 Å². The van der Waals surface area contributed by atoms with Gasteiger partial charge in [-0.05, 0) is 49.6 Å². The van der Waals surface area contributed by atoms with E-state index in [-0.39, 0.29) is 30.5 Å². The molecule has 2 aromatic carbocycles. The molecule has 2 atom stereocenters. The van der Waals surface area contributed by atoms with Crippen LogP contribution in [0.2, 0.25) is 0 Å². The predicted molar refractivity (Wildman–Crippen MR) is 106 cm³/mol. The first-order valence-corrected chi connectivity index (χ1v) is 10.0. The lowest BCUT2D eigenvalue weighted by Gasteiger charge is -2.30. The summed E-state index contributed by atoms with van der Waals surface area (Å²) in [4.78, 5) is 24.6. The maximum Gasteiger partial charge on any atom is 0.418 e. The van der Waals surface area contributed by atoms with Crippen molar-refractivity contribution >= 4 is 23.2 Å². The van der Waals surface area contributed by atoms with Gasteiger partial charge in [-0.15, -0.1) is 0 Å². The maximum absolute atomic E-state index is 13.7. The van der Waals surface area contributed by atoms with E-state index in [9.17, 15) is 40.3 Å². The molecule has 0 heterocycles. The fraction of sp³-hybridized carbons (Fsp3) is 0.364. The molecule has 0 radical (unpaired) electrons. The van der Waals surface area contributed by atoms with Crippen LogP contribution in [-0.2, 0) is 11.0 Å². The van der Waals surface area contributed by atoms with Gasteiger partial charge in [-0.2, -0.15) is 26.3 Å². The van der Waals surface area contributed by atoms with E-state index in [0.717, 1.165) is 24.3 Å². The van der Waals surface area contributed by atoms with Crippen molar-refractivity contribution in [1.29, 1.82) is 0 Å². The second kappa shape index (κ2) is 9.40. The van der Waals surface area contributed by atoms with Crippen molar-refractivity contribution in [2.75, 3.05) is 10.6 Å². The molecule has 0 aliphatic heterocycles. The molecule has 1 fully saturated rings. The summed E-state index contributed by atoms with van der Waals surface area (Å²) in [5.41, 5.74) is -2.63. The van der Waals surface area contributed by atoms with Crippen molar-refractivity contribution in [1.82, 2.24) is 0 Å². The van der Waals surface area contributed by atoms with E-state index in [4.69, 9.17) is 0 Å². The Kier molecular flexibility index (Phi) is 6.99. The van der Waals surface area contributed by atoms with Crippen LogP contribution in [0.5, 0.6) is 0 Å². The molecule has 3 rings (SSSR count). The van der Waals surface area contributed by atoms with Crippen LogP contribution in [0.3, 0.4) is 0 Å². The summed E-state index contributed by atoms with van der Waals surface area (Å²) in [6.07, 6.45) is -9.77. The highest BCUT2D eigenvalue weighted by Gasteiger charge is 2.44. The quantitative estimate of drug-likeness (QED) is 0.502. The maximum atomic E-state index is 13.7. The Bertz CT molecular complexity index is 1030. The molecule has 1 aliphatic rings. The van der Waals surface area contributed by atoms with Gasteiger partial charge in [0.05, 0.1) is 22.7 Å². The molecule has 4 nitrogen and oxygen atoms in total. The van der Waals surface area contributed by atoms with Gasteiger partial charge >= 0.3 is 12.4 Å². The van der Waals surface area contributed by atoms with Gasteiger partial charge in [0.2, 0.25) is 5.91 Å². The van der Waals surface area contributed by atoms with E-state index in [1.165, 1.54) is 12.1 Å². The molecule has 2 N–H and O–H groups in total. The number of carbonyl (C=O) groups excluding carboxylic acids is 2. The van der Waals surface area contributed by atoms with Crippen LogP contribution in [0.25, 0.3) is 0 Å². The first kappa shape index (κ1) is 24.5. The normalized spacial score (nSPS) is 19.1. The Morgan fingerprint density at radius 3 is 2.24 bits per heavy atom. The van der Waals surface area contributed by atoms with Crippen LogP contribution >= 0.6 is 0 Å². The Morgan fingerprint density at radius 1 is 0.909 bits per heavy atom. The molecule has 0 saturated heterocycles. The van der Waals surface area contributed by atoms with Crippen LogP contribution in [0.1, 0.15) is 41.6 Å². The first-order valence-electron chi connectivity index (χ1n) is 10.0. The average molecular weight is 476 g/mol. The Hall–Kier alpha value is -3.11. The van der Waals surface area contributed by atoms with E-state index in [2.05, 4.69) is 10.6 Å². The fourth-order valence-electron chi connectivity index (χ4n) is 3.77. The lowest BCUT2D eigenvalue weighted by molar-refractivity contribution is -0.185. The number of hydrogen-bond acceptors (Lipinski definition) is 2. The fourth-order valence-corrected chi connectivity index (χ4v) is 3.77. The smallest absolute Gasteiger partial charge is 0.325 e. The minimum absolute atomic E-state index is 0.127. The zero-order chi connectivity index (χ0) is 24.4. The number of benzene rings is 2. The summed E-state index contributed by atoms with van der Waals surface area (Å²) in [7, 11) is 0. The van der Waals surface area contributed by atoms with Gasteiger partial charge in [0, 0.05) is 11.6 Å². The van der Waals surface area contributed by atoms with Crippen LogP contribution in [0, 0.1) is 17.7 Å². The van der Waals surface area contributed by atoms with Crippen LogP contribution in [-0.4, -0.2) is 18.0 Å². The Balaban J connectivity index is 1.79. The van der Waals surface area contributed by atoms with Gasteiger partial charge in [-0.25, -0.2) is 4.39 Å². The second-order valence-corrected chi connectivity index (χ2v) is 7.78. The number of carbonyl (C=O) groups is 2. The third kappa shape index (κ3) is 6.02. The van der Waals surface area contributed by atoms with Crippen molar-refractivity contribution in [3.8, 4) is 0 Å². The molecule has 11 heteroatoms. The molecule has 0 aromatic heterocycles. The molecule has 0 spiro atoms. The van der Waals surface area contributed by atoms with Gasteiger partial charge < -0.3 is 10.6 Å². The van der Waals surface area contributed by atoms with Crippen molar-refractivity contribution in [3.63, 3.8) is 0 Å². The molecule has 178 valence electrons. The van der Waals surface area contributed by atoms with Crippen LogP contribution < -0.4 is 10.6 Å². The highest BCUT2D eigenvalue weighted by Crippen LogP contribution is 2.41. The SMILES string of the molecule is O=C(Nc1ccc(NC(=O)C2CCCC(C(F)(F)F)C2)c(C(F)(F)F)c1)c1ccccc1F. The number of hydrogen-bond donors (Lipinski definition) is 2. The second-order valence-electron chi connectivity index (χ2n) is 7.78. The van der Waals surface area contributed by atoms with E-state index in [1.807, 2.05) is 0 Å². The number of rotatable bonds is 4. The van der Waals surface area contributed by atoms with Crippen molar-refractivity contribution in [2.45, 2.75) is 38.0 Å². The summed E-state index contributed by atoms with van der Waals surface area (Å²) >= 11 is 0. The molecule has 2 unspecified atom stereocenters. The molecule has 2 aromatic rings. The largest absolute Gasteiger partial charge is 0.418 e. The number of halogens is 7. The van der Waals surface area contributed by atoms with Crippen LogP contribution in [0.15, 0.2) is 42.5 Å². The molecule has 1 aliphatic carbocycles. The Morgan fingerprint density at radius 2 is 1.61 bits per heavy atom. The summed E-state index contributed by atoms with van der Waals surface area (Å²) in [6.45, 7) is 0. The van der Waals surface area contributed by atoms with Gasteiger partial charge in [0.25, 0.3) is 5.91 Å². The lowest BCUT2D eigenvalue weighted by Crippen LogP contribution is -2.34. The summed E-state index contributed by atoms with van der Waals surface area (Å²) in [6, 6.07) is 7.42. The summed E-state index contributed by atoms with van der Waals surface area (Å²) in [5, 5.41) is 4.24. The Labute approximate surface area is 184 Å². The highest BCUT2D eigenvalue weighted by atomic mass is 19.4. The minimum atomic E-state index is -4.94. The third-order valence-corrected chi connectivity index (χ3v) is 5.47. The summed E-state index contributed by atoms with van der Waals surface area (Å²) < 4.78 is 93.5. The number of anilines is 2. The highest BCUT2D eigenvalue weighted by molar-refractivity contribution is 6.04. The number of nitrogens with one attached hydrogen (secondary N) is 2. The van der Waals surface area contributed by atoms with Crippen molar-refractivity contribution < 1.29 is 40.3 Å². The molecule has 33 heavy (non-hydrogen) atoms. The zero-order valence-electron chi connectivity index (χ0n) is 17.0. The zero-order valence-corrected chi connectivity index (χ0v) is 17.0. The average Bonchev–Trinajstić information content (AvgIpc) is 2.73. The number of amides is 2. The number of alkyl halides is 6. The minimum Gasteiger partial charge on any atom is -0.325 e. The lowest BCUT2D eigenvalue weighted by atomic mass is 9.80.